The van der Waals surface area contributed by atoms with Crippen LogP contribution >= 0.6 is 11.3 Å². The molecule has 0 aliphatic carbocycles. The maximum absolute atomic E-state index is 11.7. The topological polar surface area (TPSA) is 63.1 Å². The Bertz CT molecular complexity index is 1990. The molecule has 6 aromatic rings. The minimum Gasteiger partial charge on any atom is -0.512 e. The van der Waals surface area contributed by atoms with Gasteiger partial charge in [0.2, 0.25) is 0 Å². The van der Waals surface area contributed by atoms with Crippen LogP contribution in [0.5, 0.6) is 0 Å². The van der Waals surface area contributed by atoms with E-state index in [9.17, 15) is 9.90 Å². The molecule has 0 aliphatic heterocycles. The zero-order chi connectivity index (χ0) is 32.1. The van der Waals surface area contributed by atoms with E-state index in [1.807, 2.05) is 27.7 Å². The number of hydrogen-bond donors (Lipinski definition) is 1. The summed E-state index contributed by atoms with van der Waals surface area (Å²) in [4.78, 5) is 21.1. The van der Waals surface area contributed by atoms with E-state index in [1.165, 1.54) is 37.9 Å². The van der Waals surface area contributed by atoms with Crippen LogP contribution < -0.4 is 0 Å². The minimum atomic E-state index is 0. The monoisotopic (exact) mass is 808 g/mol. The van der Waals surface area contributed by atoms with Gasteiger partial charge in [0.1, 0.15) is 6.33 Å². The Balaban J connectivity index is 0.000000259. The van der Waals surface area contributed by atoms with E-state index in [0.717, 1.165) is 52.5 Å². The second-order valence-electron chi connectivity index (χ2n) is 12.0. The predicted octanol–water partition coefficient (Wildman–Crippen LogP) is 11.6. The molecule has 1 radical (unpaired) electrons. The molecule has 0 saturated heterocycles. The molecule has 6 rings (SSSR count). The summed E-state index contributed by atoms with van der Waals surface area (Å²) in [5.74, 6) is 0.972. The molecular formula is C40H43IrN2O2S-. The molecule has 2 aromatic heterocycles. The third kappa shape index (κ3) is 7.41. The van der Waals surface area contributed by atoms with Crippen LogP contribution in [-0.4, -0.2) is 20.9 Å². The molecule has 4 nitrogen and oxygen atoms in total. The molecule has 0 aliphatic rings. The largest absolute Gasteiger partial charge is 0.512 e. The fourth-order valence-electron chi connectivity index (χ4n) is 6.10. The average molecular weight is 808 g/mol. The van der Waals surface area contributed by atoms with E-state index in [0.29, 0.717) is 5.92 Å². The number of nitrogens with zero attached hydrogens (tertiary/aromatic N) is 2. The molecule has 46 heavy (non-hydrogen) atoms. The first-order chi connectivity index (χ1) is 21.8. The molecule has 0 saturated carbocycles. The Labute approximate surface area is 290 Å². The number of aliphatic hydroxyl groups excluding tert-OH is 1. The number of hydrogen-bond acceptors (Lipinski definition) is 5. The maximum Gasteiger partial charge on any atom is 0.162 e. The number of aliphatic hydroxyl groups is 1. The molecule has 0 spiro atoms. The Hall–Kier alpha value is -3.44. The number of carbonyl (C=O) groups excluding carboxylic acids is 1. The number of thiophene rings is 1. The van der Waals surface area contributed by atoms with E-state index in [-0.39, 0.29) is 43.5 Å². The molecule has 2 heterocycles. The summed E-state index contributed by atoms with van der Waals surface area (Å²) in [5, 5.41) is 15.9. The number of rotatable bonds is 9. The molecule has 1 N–H and O–H groups in total. The van der Waals surface area contributed by atoms with Gasteiger partial charge >= 0.3 is 0 Å². The van der Waals surface area contributed by atoms with Gasteiger partial charge < -0.3 is 5.11 Å². The molecule has 4 aromatic carbocycles. The molecule has 0 fully saturated rings. The molecule has 0 atom stereocenters. The Morgan fingerprint density at radius 1 is 0.848 bits per heavy atom. The van der Waals surface area contributed by atoms with Gasteiger partial charge in [-0.3, -0.25) is 9.78 Å². The molecule has 0 amide bonds. The number of benzene rings is 4. The van der Waals surface area contributed by atoms with Crippen LogP contribution in [0.2, 0.25) is 0 Å². The summed E-state index contributed by atoms with van der Waals surface area (Å²) in [6.07, 6.45) is 6.60. The fourth-order valence-corrected chi connectivity index (χ4v) is 7.29. The second-order valence-corrected chi connectivity index (χ2v) is 13.1. The summed E-state index contributed by atoms with van der Waals surface area (Å²) in [7, 11) is 0. The maximum atomic E-state index is 11.7. The van der Waals surface area contributed by atoms with Gasteiger partial charge in [-0.15, -0.1) is 40.5 Å². The van der Waals surface area contributed by atoms with Crippen molar-refractivity contribution in [2.24, 2.45) is 11.8 Å². The quantitative estimate of drug-likeness (QED) is 0.0898. The van der Waals surface area contributed by atoms with E-state index >= 15 is 0 Å². The Morgan fingerprint density at radius 2 is 1.48 bits per heavy atom. The summed E-state index contributed by atoms with van der Waals surface area (Å²) in [5.41, 5.74) is 4.37. The van der Waals surface area contributed by atoms with Gasteiger partial charge in [-0.25, -0.2) is 4.98 Å². The van der Waals surface area contributed by atoms with E-state index in [4.69, 9.17) is 4.98 Å². The molecule has 0 unspecified atom stereocenters. The number of fused-ring (bicyclic) bond motifs is 5. The van der Waals surface area contributed by atoms with Crippen molar-refractivity contribution >= 4 is 59.0 Å². The van der Waals surface area contributed by atoms with Crippen LogP contribution in [0.1, 0.15) is 78.7 Å². The molecule has 241 valence electrons. The fraction of sp³-hybridized carbons (Fsp3) is 0.325. The van der Waals surface area contributed by atoms with Crippen LogP contribution in [-0.2, 0) is 24.9 Å². The summed E-state index contributed by atoms with van der Waals surface area (Å²) in [6.45, 7) is 12.6. The molecule has 0 bridgehead atoms. The number of carbonyl (C=O) groups is 1. The number of allylic oxidation sites excluding steroid dienone is 2. The summed E-state index contributed by atoms with van der Waals surface area (Å²) >= 11 is 1.77. The van der Waals surface area contributed by atoms with Crippen molar-refractivity contribution < 1.29 is 30.0 Å². The van der Waals surface area contributed by atoms with Gasteiger partial charge in [0.05, 0.1) is 11.3 Å². The molecule has 6 heteroatoms. The zero-order valence-corrected chi connectivity index (χ0v) is 30.8. The van der Waals surface area contributed by atoms with Crippen LogP contribution in [0, 0.1) is 17.9 Å². The van der Waals surface area contributed by atoms with Gasteiger partial charge in [-0.1, -0.05) is 95.0 Å². The van der Waals surface area contributed by atoms with Crippen LogP contribution in [0.3, 0.4) is 0 Å². The first kappa shape index (κ1) is 35.4. The standard InChI is InChI=1S/C27H19N2S.C13H24O2.Ir/c1-16(2)22-13-20(11-19-9-5-6-10-21(19)22)25-27-26(29-15-28-25)23-12-17-7-3-4-8-18(17)14-24(23)30-27;1-5-10(6-2)12(14)9-13(15)11(7-3)8-4;/h3-10,12-16H,1-2H3;9-11,14H,5-8H2,1-4H3;/q-1;;/b;12-9-;. The molecular weight excluding hydrogens is 765 g/mol. The van der Waals surface area contributed by atoms with Crippen molar-refractivity contribution in [1.29, 1.82) is 0 Å². The normalized spacial score (nSPS) is 11.9. The SMILES string of the molecule is CC(C)c1cc(-c2ncnc3c2sc2cc4ccccc4cc23)[c-]c2ccccc12.CCC(CC)C(=O)/C=C(\O)C(CC)CC.[Ir]. The van der Waals surface area contributed by atoms with Gasteiger partial charge in [0, 0.05) is 58.5 Å². The Morgan fingerprint density at radius 3 is 2.13 bits per heavy atom. The van der Waals surface area contributed by atoms with Crippen molar-refractivity contribution in [1.82, 2.24) is 9.97 Å². The van der Waals surface area contributed by atoms with Crippen molar-refractivity contribution in [3.63, 3.8) is 0 Å². The first-order valence-corrected chi connectivity index (χ1v) is 17.1. The van der Waals surface area contributed by atoms with Crippen molar-refractivity contribution in [2.45, 2.75) is 73.1 Å². The smallest absolute Gasteiger partial charge is 0.162 e. The van der Waals surface area contributed by atoms with E-state index < -0.39 is 0 Å². The number of aromatic nitrogens is 2. The van der Waals surface area contributed by atoms with E-state index in [1.54, 1.807) is 17.7 Å². The average Bonchev–Trinajstić information content (AvgIpc) is 3.42. The third-order valence-electron chi connectivity index (χ3n) is 8.89. The van der Waals surface area contributed by atoms with Crippen LogP contribution in [0.25, 0.3) is 53.1 Å². The minimum absolute atomic E-state index is 0. The number of ketones is 1. The van der Waals surface area contributed by atoms with Crippen LogP contribution in [0.4, 0.5) is 0 Å². The van der Waals surface area contributed by atoms with Gasteiger partial charge in [-0.2, -0.15) is 0 Å². The van der Waals surface area contributed by atoms with Crippen molar-refractivity contribution in [3.8, 4) is 11.3 Å². The van der Waals surface area contributed by atoms with Crippen molar-refractivity contribution in [3.05, 3.63) is 96.5 Å². The second kappa shape index (κ2) is 15.9. The van der Waals surface area contributed by atoms with Crippen molar-refractivity contribution in [2.75, 3.05) is 0 Å². The van der Waals surface area contributed by atoms with Crippen LogP contribution in [0.15, 0.2) is 84.9 Å². The summed E-state index contributed by atoms with van der Waals surface area (Å²) in [6, 6.07) is 27.4. The summed E-state index contributed by atoms with van der Waals surface area (Å²) < 4.78 is 2.37. The zero-order valence-electron chi connectivity index (χ0n) is 27.6. The van der Waals surface area contributed by atoms with E-state index in [2.05, 4.69) is 91.6 Å². The first-order valence-electron chi connectivity index (χ1n) is 16.2. The Kier molecular flexibility index (Phi) is 12.2. The van der Waals surface area contributed by atoms with Gasteiger partial charge in [0.15, 0.2) is 5.78 Å². The predicted molar refractivity (Wildman–Crippen MR) is 192 cm³/mol. The van der Waals surface area contributed by atoms with Gasteiger partial charge in [0.25, 0.3) is 0 Å². The van der Waals surface area contributed by atoms with Gasteiger partial charge in [-0.05, 0) is 54.5 Å². The third-order valence-corrected chi connectivity index (χ3v) is 10.0.